The molecule has 3 N–H and O–H groups in total. The second kappa shape index (κ2) is 6.80. The van der Waals surface area contributed by atoms with Gasteiger partial charge in [-0.3, -0.25) is 4.79 Å². The van der Waals surface area contributed by atoms with Crippen LogP contribution in [0.4, 0.5) is 4.39 Å². The molecule has 0 aliphatic heterocycles. The fourth-order valence-electron chi connectivity index (χ4n) is 1.19. The molecule has 1 rings (SSSR count). The topological polar surface area (TPSA) is 98.5 Å². The molecule has 0 radical (unpaired) electrons. The summed E-state index contributed by atoms with van der Waals surface area (Å²) < 4.78 is 43.9. The molecule has 0 heterocycles. The molecule has 0 saturated carbocycles. The largest absolute Gasteiger partial charge is 0.370 e. The molecule has 6 nitrogen and oxygen atoms in total. The Bertz CT molecular complexity index is 565. The van der Waals surface area contributed by atoms with Crippen LogP contribution < -0.4 is 10.5 Å². The Morgan fingerprint density at radius 2 is 2.16 bits per heavy atom. The summed E-state index contributed by atoms with van der Waals surface area (Å²) in [5.41, 5.74) is 4.82. The smallest absolute Gasteiger partial charge is 0.243 e. The number of amides is 1. The van der Waals surface area contributed by atoms with Gasteiger partial charge in [-0.15, -0.1) is 0 Å². The van der Waals surface area contributed by atoms with Crippen molar-refractivity contribution in [3.63, 3.8) is 0 Å². The third kappa shape index (κ3) is 4.75. The van der Waals surface area contributed by atoms with E-state index in [-0.39, 0.29) is 24.8 Å². The Hall–Kier alpha value is -1.22. The van der Waals surface area contributed by atoms with Gasteiger partial charge >= 0.3 is 0 Å². The van der Waals surface area contributed by atoms with Crippen molar-refractivity contribution in [3.8, 4) is 0 Å². The van der Waals surface area contributed by atoms with Gasteiger partial charge in [0.1, 0.15) is 11.5 Å². The van der Waals surface area contributed by atoms with E-state index in [4.69, 9.17) is 22.1 Å². The van der Waals surface area contributed by atoms with Gasteiger partial charge in [0.25, 0.3) is 0 Å². The van der Waals surface area contributed by atoms with Crippen LogP contribution in [0.3, 0.4) is 0 Å². The maximum atomic E-state index is 13.5. The SMILES string of the molecule is NC(=O)COCCNS(=O)(=O)c1cccc(Cl)c1F. The third-order valence-electron chi connectivity index (χ3n) is 1.99. The highest BCUT2D eigenvalue weighted by molar-refractivity contribution is 7.89. The first-order valence-corrected chi connectivity index (χ1v) is 7.00. The van der Waals surface area contributed by atoms with E-state index in [9.17, 15) is 17.6 Å². The molecule has 0 aliphatic rings. The van der Waals surface area contributed by atoms with Crippen LogP contribution in [0.5, 0.6) is 0 Å². The maximum absolute atomic E-state index is 13.5. The standard InChI is InChI=1S/C10H12ClFN2O4S/c11-7-2-1-3-8(10(7)12)19(16,17)14-4-5-18-6-9(13)15/h1-3,14H,4-6H2,(H2,13,15). The van der Waals surface area contributed by atoms with Gasteiger partial charge in [-0.25, -0.2) is 17.5 Å². The number of rotatable bonds is 7. The number of hydrogen-bond donors (Lipinski definition) is 2. The number of carbonyl (C=O) groups excluding carboxylic acids is 1. The molecule has 0 aliphatic carbocycles. The summed E-state index contributed by atoms with van der Waals surface area (Å²) in [5.74, 6) is -1.68. The van der Waals surface area contributed by atoms with Crippen LogP contribution >= 0.6 is 11.6 Å². The number of ether oxygens (including phenoxy) is 1. The highest BCUT2D eigenvalue weighted by Gasteiger charge is 2.20. The predicted molar refractivity (Wildman–Crippen MR) is 66.6 cm³/mol. The summed E-state index contributed by atoms with van der Waals surface area (Å²) in [6, 6.07) is 3.66. The lowest BCUT2D eigenvalue weighted by Gasteiger charge is -2.08. The molecular formula is C10H12ClFN2O4S. The van der Waals surface area contributed by atoms with Crippen molar-refractivity contribution < 1.29 is 22.3 Å². The molecule has 0 spiro atoms. The van der Waals surface area contributed by atoms with E-state index in [1.165, 1.54) is 12.1 Å². The fourth-order valence-corrected chi connectivity index (χ4v) is 2.53. The molecule has 1 aromatic carbocycles. The van der Waals surface area contributed by atoms with Crippen LogP contribution in [-0.2, 0) is 19.6 Å². The molecule has 1 amide bonds. The zero-order valence-corrected chi connectivity index (χ0v) is 11.3. The molecule has 19 heavy (non-hydrogen) atoms. The highest BCUT2D eigenvalue weighted by atomic mass is 35.5. The van der Waals surface area contributed by atoms with Crippen LogP contribution in [0.15, 0.2) is 23.1 Å². The van der Waals surface area contributed by atoms with E-state index in [2.05, 4.69) is 4.72 Å². The number of sulfonamides is 1. The summed E-state index contributed by atoms with van der Waals surface area (Å²) in [7, 11) is -4.02. The van der Waals surface area contributed by atoms with Crippen molar-refractivity contribution in [2.45, 2.75) is 4.90 Å². The number of benzene rings is 1. The molecule has 0 aromatic heterocycles. The van der Waals surface area contributed by atoms with Crippen molar-refractivity contribution in [2.75, 3.05) is 19.8 Å². The lowest BCUT2D eigenvalue weighted by atomic mass is 10.3. The second-order valence-electron chi connectivity index (χ2n) is 3.47. The van der Waals surface area contributed by atoms with Gasteiger partial charge in [0, 0.05) is 6.54 Å². The molecule has 0 unspecified atom stereocenters. The van der Waals surface area contributed by atoms with Crippen molar-refractivity contribution >= 4 is 27.5 Å². The summed E-state index contributed by atoms with van der Waals surface area (Å²) in [5, 5.41) is -0.284. The van der Waals surface area contributed by atoms with Crippen LogP contribution in [0, 0.1) is 5.82 Å². The lowest BCUT2D eigenvalue weighted by molar-refractivity contribution is -0.122. The average molecular weight is 311 g/mol. The first-order valence-electron chi connectivity index (χ1n) is 5.14. The minimum absolute atomic E-state index is 0.0651. The van der Waals surface area contributed by atoms with Crippen LogP contribution in [0.1, 0.15) is 0 Å². The Morgan fingerprint density at radius 1 is 1.47 bits per heavy atom. The molecule has 0 fully saturated rings. The Labute approximate surface area is 114 Å². The van der Waals surface area contributed by atoms with Crippen LogP contribution in [0.25, 0.3) is 0 Å². The van der Waals surface area contributed by atoms with Gasteiger partial charge in [0.05, 0.1) is 11.6 Å². The number of nitrogens with two attached hydrogens (primary N) is 1. The van der Waals surface area contributed by atoms with E-state index < -0.39 is 26.6 Å². The maximum Gasteiger partial charge on any atom is 0.243 e. The summed E-state index contributed by atoms with van der Waals surface area (Å²) in [6.07, 6.45) is 0. The molecule has 106 valence electrons. The van der Waals surface area contributed by atoms with Crippen LogP contribution in [-0.4, -0.2) is 34.1 Å². The fraction of sp³-hybridized carbons (Fsp3) is 0.300. The minimum atomic E-state index is -4.02. The van der Waals surface area contributed by atoms with E-state index in [0.717, 1.165) is 6.07 Å². The number of carbonyl (C=O) groups is 1. The van der Waals surface area contributed by atoms with Gasteiger partial charge in [-0.05, 0) is 12.1 Å². The number of halogens is 2. The van der Waals surface area contributed by atoms with E-state index >= 15 is 0 Å². The molecule has 1 aromatic rings. The third-order valence-corrected chi connectivity index (χ3v) is 3.76. The van der Waals surface area contributed by atoms with E-state index in [1.54, 1.807) is 0 Å². The summed E-state index contributed by atoms with van der Waals surface area (Å²) >= 11 is 5.50. The zero-order valence-electron chi connectivity index (χ0n) is 9.73. The normalized spacial score (nSPS) is 11.5. The first-order chi connectivity index (χ1) is 8.84. The van der Waals surface area contributed by atoms with Crippen LogP contribution in [0.2, 0.25) is 5.02 Å². The lowest BCUT2D eigenvalue weighted by Crippen LogP contribution is -2.29. The van der Waals surface area contributed by atoms with Crippen molar-refractivity contribution in [1.82, 2.24) is 4.72 Å². The van der Waals surface area contributed by atoms with Gasteiger partial charge in [-0.2, -0.15) is 0 Å². The van der Waals surface area contributed by atoms with Gasteiger partial charge in [0.15, 0.2) is 5.82 Å². The minimum Gasteiger partial charge on any atom is -0.370 e. The molecular weight excluding hydrogens is 299 g/mol. The molecule has 9 heteroatoms. The Balaban J connectivity index is 2.61. The van der Waals surface area contributed by atoms with Crippen molar-refractivity contribution in [2.24, 2.45) is 5.73 Å². The second-order valence-corrected chi connectivity index (χ2v) is 5.61. The van der Waals surface area contributed by atoms with Crippen molar-refractivity contribution in [1.29, 1.82) is 0 Å². The number of nitrogens with one attached hydrogen (secondary N) is 1. The van der Waals surface area contributed by atoms with Gasteiger partial charge in [-0.1, -0.05) is 17.7 Å². The number of hydrogen-bond acceptors (Lipinski definition) is 4. The van der Waals surface area contributed by atoms with E-state index in [0.29, 0.717) is 0 Å². The monoisotopic (exact) mass is 310 g/mol. The highest BCUT2D eigenvalue weighted by Crippen LogP contribution is 2.21. The summed E-state index contributed by atoms with van der Waals surface area (Å²) in [6.45, 7) is -0.501. The quantitative estimate of drug-likeness (QED) is 0.706. The van der Waals surface area contributed by atoms with E-state index in [1.807, 2.05) is 0 Å². The molecule has 0 saturated heterocycles. The number of primary amides is 1. The predicted octanol–water partition coefficient (Wildman–Crippen LogP) is 0.259. The summed E-state index contributed by atoms with van der Waals surface area (Å²) in [4.78, 5) is 9.81. The van der Waals surface area contributed by atoms with Gasteiger partial charge < -0.3 is 10.5 Å². The van der Waals surface area contributed by atoms with Crippen molar-refractivity contribution in [3.05, 3.63) is 29.0 Å². The van der Waals surface area contributed by atoms with Gasteiger partial charge in [0.2, 0.25) is 15.9 Å². The Kier molecular flexibility index (Phi) is 5.67. The first kappa shape index (κ1) is 15.8. The average Bonchev–Trinajstić information content (AvgIpc) is 2.31. The molecule has 0 bridgehead atoms. The molecule has 0 atom stereocenters. The zero-order chi connectivity index (χ0) is 14.5. The Morgan fingerprint density at radius 3 is 2.79 bits per heavy atom.